The van der Waals surface area contributed by atoms with E-state index in [1.54, 1.807) is 0 Å². The Hall–Kier alpha value is -1.62. The van der Waals surface area contributed by atoms with Crippen molar-refractivity contribution < 1.29 is 4.79 Å². The lowest BCUT2D eigenvalue weighted by Crippen LogP contribution is -2.44. The van der Waals surface area contributed by atoms with Gasteiger partial charge >= 0.3 is 0 Å². The molecule has 0 radical (unpaired) electrons. The van der Waals surface area contributed by atoms with Gasteiger partial charge in [-0.05, 0) is 31.2 Å². The number of aryl methyl sites for hydroxylation is 1. The van der Waals surface area contributed by atoms with Gasteiger partial charge in [-0.1, -0.05) is 56.7 Å². The average Bonchev–Trinajstić information content (AvgIpc) is 2.56. The Kier molecular flexibility index (Phi) is 5.39. The molecule has 4 nitrogen and oxygen atoms in total. The standard InChI is InChI=1S/C19H25N3OS/c1-12-7-6-10-16(13(12)2)22-18(23)11-24-19-15-8-4-5-9-17(15)20-14(3)21-19/h4-5,8-9,12-13,16H,6-7,10-11H2,1-3H3,(H,22,23)/t12-,13+,16+/m1/s1. The van der Waals surface area contributed by atoms with Crippen molar-refractivity contribution >= 4 is 28.6 Å². The van der Waals surface area contributed by atoms with Crippen molar-refractivity contribution in [2.45, 2.75) is 51.1 Å². The normalized spacial score (nSPS) is 24.0. The molecule has 1 fully saturated rings. The Balaban J connectivity index is 1.64. The van der Waals surface area contributed by atoms with Crippen LogP contribution in [0.1, 0.15) is 38.9 Å². The molecule has 0 unspecified atom stereocenters. The number of carbonyl (C=O) groups is 1. The second-order valence-electron chi connectivity index (χ2n) is 6.82. The summed E-state index contributed by atoms with van der Waals surface area (Å²) in [5.41, 5.74) is 0.933. The summed E-state index contributed by atoms with van der Waals surface area (Å²) in [5, 5.41) is 5.13. The summed E-state index contributed by atoms with van der Waals surface area (Å²) in [5.74, 6) is 2.48. The zero-order valence-electron chi connectivity index (χ0n) is 14.6. The van der Waals surface area contributed by atoms with Gasteiger partial charge in [0.25, 0.3) is 0 Å². The quantitative estimate of drug-likeness (QED) is 0.674. The second kappa shape index (κ2) is 7.51. The fourth-order valence-electron chi connectivity index (χ4n) is 3.44. The number of para-hydroxylation sites is 1. The number of benzene rings is 1. The number of carbonyl (C=O) groups excluding carboxylic acids is 1. The second-order valence-corrected chi connectivity index (χ2v) is 7.79. The van der Waals surface area contributed by atoms with Crippen molar-refractivity contribution in [1.29, 1.82) is 0 Å². The van der Waals surface area contributed by atoms with Crippen LogP contribution < -0.4 is 5.32 Å². The van der Waals surface area contributed by atoms with Gasteiger partial charge in [0, 0.05) is 11.4 Å². The first-order chi connectivity index (χ1) is 11.5. The third kappa shape index (κ3) is 3.89. The van der Waals surface area contributed by atoms with E-state index in [-0.39, 0.29) is 5.91 Å². The molecule has 1 aliphatic rings. The number of rotatable bonds is 4. The first-order valence-electron chi connectivity index (χ1n) is 8.70. The van der Waals surface area contributed by atoms with Crippen molar-refractivity contribution in [1.82, 2.24) is 15.3 Å². The largest absolute Gasteiger partial charge is 0.352 e. The summed E-state index contributed by atoms with van der Waals surface area (Å²) in [4.78, 5) is 21.4. The number of fused-ring (bicyclic) bond motifs is 1. The van der Waals surface area contributed by atoms with E-state index in [0.29, 0.717) is 23.6 Å². The van der Waals surface area contributed by atoms with E-state index in [1.807, 2.05) is 31.2 Å². The van der Waals surface area contributed by atoms with Crippen molar-refractivity contribution in [3.8, 4) is 0 Å². The fraction of sp³-hybridized carbons (Fsp3) is 0.526. The monoisotopic (exact) mass is 343 g/mol. The Bertz CT molecular complexity index is 734. The molecule has 1 aromatic heterocycles. The molecule has 1 N–H and O–H groups in total. The molecular weight excluding hydrogens is 318 g/mol. The molecule has 1 saturated carbocycles. The van der Waals surface area contributed by atoms with Gasteiger partial charge in [0.05, 0.1) is 11.3 Å². The first kappa shape index (κ1) is 17.2. The van der Waals surface area contributed by atoms with Crippen molar-refractivity contribution in [3.63, 3.8) is 0 Å². The lowest BCUT2D eigenvalue weighted by molar-refractivity contribution is -0.119. The molecule has 24 heavy (non-hydrogen) atoms. The summed E-state index contributed by atoms with van der Waals surface area (Å²) < 4.78 is 0. The molecule has 0 bridgehead atoms. The Morgan fingerprint density at radius 1 is 1.25 bits per heavy atom. The number of hydrogen-bond donors (Lipinski definition) is 1. The van der Waals surface area contributed by atoms with Gasteiger partial charge in [-0.3, -0.25) is 4.79 Å². The van der Waals surface area contributed by atoms with E-state index < -0.39 is 0 Å². The van der Waals surface area contributed by atoms with Crippen LogP contribution in [0.2, 0.25) is 0 Å². The third-order valence-corrected chi connectivity index (χ3v) is 6.06. The number of amides is 1. The Morgan fingerprint density at radius 2 is 2.04 bits per heavy atom. The van der Waals surface area contributed by atoms with Crippen LogP contribution in [0.15, 0.2) is 29.3 Å². The molecule has 0 aliphatic heterocycles. The van der Waals surface area contributed by atoms with Gasteiger partial charge in [0.1, 0.15) is 10.9 Å². The minimum absolute atomic E-state index is 0.103. The lowest BCUT2D eigenvalue weighted by atomic mass is 9.78. The summed E-state index contributed by atoms with van der Waals surface area (Å²) in [6.45, 7) is 6.43. The summed E-state index contributed by atoms with van der Waals surface area (Å²) in [7, 11) is 0. The van der Waals surface area contributed by atoms with Crippen molar-refractivity contribution in [2.75, 3.05) is 5.75 Å². The van der Waals surface area contributed by atoms with Crippen LogP contribution in [0.5, 0.6) is 0 Å². The van der Waals surface area contributed by atoms with Gasteiger partial charge in [0.15, 0.2) is 0 Å². The van der Waals surface area contributed by atoms with Crippen LogP contribution in [-0.4, -0.2) is 27.7 Å². The summed E-state index contributed by atoms with van der Waals surface area (Å²) >= 11 is 1.50. The highest BCUT2D eigenvalue weighted by Gasteiger charge is 2.28. The van der Waals surface area contributed by atoms with Crippen LogP contribution in [0.3, 0.4) is 0 Å². The van der Waals surface area contributed by atoms with Crippen molar-refractivity contribution in [2.24, 2.45) is 11.8 Å². The molecule has 128 valence electrons. The van der Waals surface area contributed by atoms with E-state index in [9.17, 15) is 4.79 Å². The lowest BCUT2D eigenvalue weighted by Gasteiger charge is -2.34. The predicted octanol–water partition coefficient (Wildman–Crippen LogP) is 3.97. The number of nitrogens with one attached hydrogen (secondary N) is 1. The minimum Gasteiger partial charge on any atom is -0.352 e. The van der Waals surface area contributed by atoms with Crippen LogP contribution in [0.4, 0.5) is 0 Å². The summed E-state index contributed by atoms with van der Waals surface area (Å²) in [6.07, 6.45) is 3.57. The predicted molar refractivity (Wildman–Crippen MR) is 99.1 cm³/mol. The maximum atomic E-state index is 12.4. The van der Waals surface area contributed by atoms with E-state index in [0.717, 1.165) is 28.2 Å². The highest BCUT2D eigenvalue weighted by Crippen LogP contribution is 2.30. The maximum absolute atomic E-state index is 12.4. The van der Waals surface area contributed by atoms with Crippen LogP contribution in [0, 0.1) is 18.8 Å². The minimum atomic E-state index is 0.103. The molecule has 1 amide bonds. The average molecular weight is 343 g/mol. The highest BCUT2D eigenvalue weighted by molar-refractivity contribution is 8.00. The maximum Gasteiger partial charge on any atom is 0.230 e. The molecule has 3 atom stereocenters. The number of aromatic nitrogens is 2. The van der Waals surface area contributed by atoms with Gasteiger partial charge in [-0.15, -0.1) is 0 Å². The number of hydrogen-bond acceptors (Lipinski definition) is 4. The molecule has 1 aromatic carbocycles. The number of nitrogens with zero attached hydrogens (tertiary/aromatic N) is 2. The van der Waals surface area contributed by atoms with Gasteiger partial charge in [-0.25, -0.2) is 9.97 Å². The zero-order chi connectivity index (χ0) is 17.1. The van der Waals surface area contributed by atoms with E-state index >= 15 is 0 Å². The first-order valence-corrected chi connectivity index (χ1v) is 9.68. The van der Waals surface area contributed by atoms with Gasteiger partial charge in [0.2, 0.25) is 5.91 Å². The van der Waals surface area contributed by atoms with Crippen LogP contribution in [0.25, 0.3) is 10.9 Å². The zero-order valence-corrected chi connectivity index (χ0v) is 15.4. The van der Waals surface area contributed by atoms with E-state index in [1.165, 1.54) is 24.6 Å². The molecule has 5 heteroatoms. The molecule has 0 spiro atoms. The molecule has 0 saturated heterocycles. The van der Waals surface area contributed by atoms with Gasteiger partial charge < -0.3 is 5.32 Å². The topological polar surface area (TPSA) is 54.9 Å². The molecule has 2 aromatic rings. The Morgan fingerprint density at radius 3 is 2.88 bits per heavy atom. The smallest absolute Gasteiger partial charge is 0.230 e. The van der Waals surface area contributed by atoms with Crippen molar-refractivity contribution in [3.05, 3.63) is 30.1 Å². The van der Waals surface area contributed by atoms with E-state index in [4.69, 9.17) is 0 Å². The summed E-state index contributed by atoms with van der Waals surface area (Å²) in [6, 6.07) is 8.27. The molecule has 3 rings (SSSR count). The highest BCUT2D eigenvalue weighted by atomic mass is 32.2. The number of thioether (sulfide) groups is 1. The van der Waals surface area contributed by atoms with Crippen LogP contribution in [-0.2, 0) is 4.79 Å². The molecule has 1 aliphatic carbocycles. The Labute approximate surface area is 147 Å². The molecular formula is C19H25N3OS. The fourth-order valence-corrected chi connectivity index (χ4v) is 4.31. The van der Waals surface area contributed by atoms with Gasteiger partial charge in [-0.2, -0.15) is 0 Å². The SMILES string of the molecule is Cc1nc(SCC(=O)N[C@H]2CCC[C@@H](C)[C@@H]2C)c2ccccc2n1. The van der Waals surface area contributed by atoms with E-state index in [2.05, 4.69) is 29.1 Å². The molecule has 1 heterocycles. The third-order valence-electron chi connectivity index (χ3n) is 5.07. The van der Waals surface area contributed by atoms with Crippen LogP contribution >= 0.6 is 11.8 Å².